The molecule has 1 atom stereocenters. The number of rotatable bonds is 5. The summed E-state index contributed by atoms with van der Waals surface area (Å²) in [6.45, 7) is 0. The summed E-state index contributed by atoms with van der Waals surface area (Å²) in [5, 5.41) is 7.73. The number of aromatic nitrogens is 4. The number of anilines is 2. The molecule has 0 bridgehead atoms. The second-order valence-corrected chi connectivity index (χ2v) is 9.96. The van der Waals surface area contributed by atoms with E-state index in [2.05, 4.69) is 20.4 Å². The second kappa shape index (κ2) is 9.74. The Balaban J connectivity index is 1.23. The third-order valence-electron chi connectivity index (χ3n) is 7.51. The quantitative estimate of drug-likeness (QED) is 0.269. The van der Waals surface area contributed by atoms with Crippen molar-refractivity contribution in [3.63, 3.8) is 0 Å². The minimum atomic E-state index is -0.710. The van der Waals surface area contributed by atoms with E-state index in [9.17, 15) is 18.4 Å². The van der Waals surface area contributed by atoms with Crippen LogP contribution in [0.3, 0.4) is 0 Å². The first kappa shape index (κ1) is 24.8. The maximum atomic E-state index is 14.5. The van der Waals surface area contributed by atoms with Gasteiger partial charge in [-0.2, -0.15) is 9.61 Å². The molecule has 1 aliphatic carbocycles. The minimum Gasteiger partial charge on any atom is -0.322 e. The van der Waals surface area contributed by atoms with Crippen molar-refractivity contribution in [1.29, 1.82) is 0 Å². The summed E-state index contributed by atoms with van der Waals surface area (Å²) in [5.41, 5.74) is 3.83. The molecule has 0 saturated carbocycles. The Morgan fingerprint density at radius 2 is 1.61 bits per heavy atom. The maximum absolute atomic E-state index is 14.5. The van der Waals surface area contributed by atoms with Gasteiger partial charge >= 0.3 is 0 Å². The summed E-state index contributed by atoms with van der Waals surface area (Å²) in [5.74, 6) is -1.65. The second-order valence-electron chi connectivity index (χ2n) is 9.96. The lowest BCUT2D eigenvalue weighted by molar-refractivity contribution is 0.0606. The third kappa shape index (κ3) is 4.15. The van der Waals surface area contributed by atoms with Crippen LogP contribution in [0.25, 0.3) is 22.3 Å². The predicted molar refractivity (Wildman–Crippen MR) is 148 cm³/mol. The van der Waals surface area contributed by atoms with Crippen LogP contribution < -0.4 is 5.32 Å². The van der Waals surface area contributed by atoms with E-state index < -0.39 is 11.6 Å². The molecule has 2 aromatic carbocycles. The van der Waals surface area contributed by atoms with Crippen LogP contribution >= 0.6 is 0 Å². The smallest absolute Gasteiger partial charge is 0.262 e. The minimum absolute atomic E-state index is 0.124. The van der Waals surface area contributed by atoms with Gasteiger partial charge < -0.3 is 5.32 Å². The van der Waals surface area contributed by atoms with Gasteiger partial charge in [-0.1, -0.05) is 24.3 Å². The molecule has 3 aromatic heterocycles. The van der Waals surface area contributed by atoms with Gasteiger partial charge in [0, 0.05) is 11.8 Å². The van der Waals surface area contributed by atoms with E-state index >= 15 is 0 Å². The number of allylic oxidation sites excluding steroid dienone is 1. The van der Waals surface area contributed by atoms with Crippen LogP contribution in [0.2, 0.25) is 0 Å². The fourth-order valence-corrected chi connectivity index (χ4v) is 5.58. The first-order valence-corrected chi connectivity index (χ1v) is 13.2. The summed E-state index contributed by atoms with van der Waals surface area (Å²) in [6.07, 6.45) is 9.12. The molecule has 0 fully saturated rings. The van der Waals surface area contributed by atoms with Crippen molar-refractivity contribution in [2.75, 3.05) is 5.32 Å². The highest BCUT2D eigenvalue weighted by molar-refractivity contribution is 6.21. The average Bonchev–Trinajstić information content (AvgIpc) is 3.50. The number of hydrogen-bond acceptors (Lipinski definition) is 6. The molecule has 41 heavy (non-hydrogen) atoms. The lowest BCUT2D eigenvalue weighted by Crippen LogP contribution is -2.39. The number of pyridine rings is 1. The molecule has 8 nitrogen and oxygen atoms in total. The van der Waals surface area contributed by atoms with E-state index in [1.54, 1.807) is 55.0 Å². The molecule has 1 aliphatic heterocycles. The summed E-state index contributed by atoms with van der Waals surface area (Å²) in [7, 11) is 0. The van der Waals surface area contributed by atoms with E-state index in [0.717, 1.165) is 24.0 Å². The van der Waals surface area contributed by atoms with Crippen LogP contribution in [0.5, 0.6) is 0 Å². The monoisotopic (exact) mass is 548 g/mol. The Bertz CT molecular complexity index is 1840. The van der Waals surface area contributed by atoms with Gasteiger partial charge in [-0.05, 0) is 67.3 Å². The van der Waals surface area contributed by atoms with Gasteiger partial charge in [0.05, 0.1) is 52.0 Å². The van der Waals surface area contributed by atoms with E-state index in [1.807, 2.05) is 12.1 Å². The molecule has 5 aromatic rings. The third-order valence-corrected chi connectivity index (χ3v) is 7.51. The van der Waals surface area contributed by atoms with Gasteiger partial charge in [0.25, 0.3) is 11.8 Å². The average molecular weight is 549 g/mol. The Hall–Kier alpha value is -5.25. The molecule has 10 heteroatoms. The van der Waals surface area contributed by atoms with Gasteiger partial charge in [-0.15, -0.1) is 0 Å². The van der Waals surface area contributed by atoms with Crippen LogP contribution in [0.15, 0.2) is 85.3 Å². The normalized spacial score (nSPS) is 16.7. The Morgan fingerprint density at radius 3 is 2.37 bits per heavy atom. The van der Waals surface area contributed by atoms with Crippen LogP contribution in [0.4, 0.5) is 20.4 Å². The fourth-order valence-electron chi connectivity index (χ4n) is 5.58. The summed E-state index contributed by atoms with van der Waals surface area (Å²) in [4.78, 5) is 36.3. The number of imidazole rings is 1. The predicted octanol–water partition coefficient (Wildman–Crippen LogP) is 6.05. The van der Waals surface area contributed by atoms with Crippen molar-refractivity contribution < 1.29 is 18.4 Å². The number of benzene rings is 2. The van der Waals surface area contributed by atoms with Crippen LogP contribution in [-0.2, 0) is 0 Å². The van der Waals surface area contributed by atoms with Gasteiger partial charge in [0.15, 0.2) is 0 Å². The number of nitrogens with zero attached hydrogens (tertiary/aromatic N) is 5. The van der Waals surface area contributed by atoms with Gasteiger partial charge in [-0.25, -0.2) is 13.8 Å². The highest BCUT2D eigenvalue weighted by Gasteiger charge is 2.39. The number of halogens is 2. The van der Waals surface area contributed by atoms with Crippen LogP contribution in [0, 0.1) is 11.6 Å². The Kier molecular flexibility index (Phi) is 5.88. The molecular weight excluding hydrogens is 526 g/mol. The van der Waals surface area contributed by atoms with E-state index in [-0.39, 0.29) is 29.1 Å². The summed E-state index contributed by atoms with van der Waals surface area (Å²) in [6, 6.07) is 15.3. The van der Waals surface area contributed by atoms with Crippen molar-refractivity contribution in [2.45, 2.75) is 25.3 Å². The van der Waals surface area contributed by atoms with Gasteiger partial charge in [0.2, 0.25) is 5.95 Å². The van der Waals surface area contributed by atoms with Crippen molar-refractivity contribution in [3.05, 3.63) is 114 Å². The van der Waals surface area contributed by atoms with E-state index in [1.165, 1.54) is 27.6 Å². The molecule has 4 heterocycles. The molecule has 1 N–H and O–H groups in total. The number of hydrogen-bond donors (Lipinski definition) is 1. The zero-order chi connectivity index (χ0) is 28.1. The maximum Gasteiger partial charge on any atom is 0.262 e. The number of carbonyl (C=O) groups excluding carboxylic acids is 2. The zero-order valence-corrected chi connectivity index (χ0v) is 21.6. The van der Waals surface area contributed by atoms with Gasteiger partial charge in [0.1, 0.15) is 11.6 Å². The first-order valence-electron chi connectivity index (χ1n) is 13.2. The summed E-state index contributed by atoms with van der Waals surface area (Å²) < 4.78 is 30.4. The highest BCUT2D eigenvalue weighted by Crippen LogP contribution is 2.36. The fraction of sp³-hybridized carbons (Fsp3) is 0.129. The molecule has 0 radical (unpaired) electrons. The molecular formula is C31H22F2N6O2. The topological polar surface area (TPSA) is 92.5 Å². The molecule has 2 amide bonds. The number of nitrogens with one attached hydrogen (secondary N) is 1. The van der Waals surface area contributed by atoms with Crippen LogP contribution in [0.1, 0.15) is 45.5 Å². The molecule has 0 spiro atoms. The van der Waals surface area contributed by atoms with Crippen molar-refractivity contribution in [1.82, 2.24) is 24.5 Å². The largest absolute Gasteiger partial charge is 0.322 e. The Labute approximate surface area is 233 Å². The van der Waals surface area contributed by atoms with Crippen LogP contribution in [-0.4, -0.2) is 42.3 Å². The Morgan fingerprint density at radius 1 is 0.854 bits per heavy atom. The lowest BCUT2D eigenvalue weighted by Gasteiger charge is -2.28. The molecule has 2 aliphatic rings. The highest BCUT2D eigenvalue weighted by atomic mass is 19.1. The van der Waals surface area contributed by atoms with Crippen molar-refractivity contribution in [2.24, 2.45) is 0 Å². The molecule has 0 saturated heterocycles. The van der Waals surface area contributed by atoms with E-state index in [4.69, 9.17) is 0 Å². The number of carbonyl (C=O) groups is 2. The number of amides is 2. The molecule has 7 rings (SSSR count). The summed E-state index contributed by atoms with van der Waals surface area (Å²) >= 11 is 0. The molecule has 1 unspecified atom stereocenters. The first-order chi connectivity index (χ1) is 20.0. The lowest BCUT2D eigenvalue weighted by atomic mass is 9.90. The standard InChI is InChI=1S/C31H22F2N6O2/c32-24-9-4-10-25(33)28(24)26-12-11-20-16-35-31(39(20)37-26)36-27-17-34-14-13-21(27)18-5-3-6-19(15-18)38-29(40)22-7-1-2-8-23(22)30(38)41/h1-2,4,7-17,19H,3,5-6H2,(H,35,36). The number of imide groups is 1. The van der Waals surface area contributed by atoms with Gasteiger partial charge in [-0.3, -0.25) is 19.5 Å². The van der Waals surface area contributed by atoms with Crippen molar-refractivity contribution >= 4 is 34.5 Å². The van der Waals surface area contributed by atoms with Crippen molar-refractivity contribution in [3.8, 4) is 11.3 Å². The number of fused-ring (bicyclic) bond motifs is 2. The zero-order valence-electron chi connectivity index (χ0n) is 21.6. The SMILES string of the molecule is O=C1c2ccccc2C(=O)N1C1C=C(c2ccncc2Nc2ncc3ccc(-c4c(F)cccc4F)nn23)CCC1. The van der Waals surface area contributed by atoms with E-state index in [0.29, 0.717) is 34.7 Å². The molecule has 202 valence electrons.